The fourth-order valence-corrected chi connectivity index (χ4v) is 2.81. The molecule has 0 saturated carbocycles. The highest BCUT2D eigenvalue weighted by Crippen LogP contribution is 2.22. The van der Waals surface area contributed by atoms with E-state index in [1.165, 1.54) is 18.6 Å². The zero-order valence-electron chi connectivity index (χ0n) is 12.3. The third-order valence-corrected chi connectivity index (χ3v) is 4.12. The second-order valence-corrected chi connectivity index (χ2v) is 5.59. The second-order valence-electron chi connectivity index (χ2n) is 5.59. The molecule has 1 amide bonds. The number of rotatable bonds is 4. The van der Waals surface area contributed by atoms with Crippen molar-refractivity contribution in [1.82, 2.24) is 10.2 Å². The summed E-state index contributed by atoms with van der Waals surface area (Å²) in [6, 6.07) is 4.38. The summed E-state index contributed by atoms with van der Waals surface area (Å²) in [4.78, 5) is 14.3. The van der Waals surface area contributed by atoms with Gasteiger partial charge in [0, 0.05) is 18.7 Å². The molecule has 1 saturated heterocycles. The van der Waals surface area contributed by atoms with Crippen LogP contribution in [-0.4, -0.2) is 37.5 Å². The van der Waals surface area contributed by atoms with Gasteiger partial charge in [0.05, 0.1) is 0 Å². The highest BCUT2D eigenvalue weighted by molar-refractivity contribution is 5.95. The molecule has 2 rings (SSSR count). The Balaban J connectivity index is 1.94. The van der Waals surface area contributed by atoms with E-state index in [0.717, 1.165) is 32.5 Å². The monoisotopic (exact) mass is 278 g/mol. The van der Waals surface area contributed by atoms with Crippen molar-refractivity contribution < 1.29 is 9.18 Å². The molecule has 0 bridgehead atoms. The summed E-state index contributed by atoms with van der Waals surface area (Å²) in [7, 11) is 1.97. The van der Waals surface area contributed by atoms with Gasteiger partial charge in [0.15, 0.2) is 0 Å². The zero-order chi connectivity index (χ0) is 14.5. The van der Waals surface area contributed by atoms with Crippen LogP contribution >= 0.6 is 0 Å². The van der Waals surface area contributed by atoms with Gasteiger partial charge in [-0.05, 0) is 69.5 Å². The van der Waals surface area contributed by atoms with Crippen molar-refractivity contribution in [3.05, 3.63) is 35.1 Å². The fraction of sp³-hybridized carbons (Fsp3) is 0.562. The molecule has 1 aromatic rings. The molecule has 0 atom stereocenters. The van der Waals surface area contributed by atoms with E-state index in [9.17, 15) is 9.18 Å². The van der Waals surface area contributed by atoms with Crippen LogP contribution in [0.25, 0.3) is 0 Å². The van der Waals surface area contributed by atoms with Crippen molar-refractivity contribution in [3.63, 3.8) is 0 Å². The predicted molar refractivity (Wildman–Crippen MR) is 78.3 cm³/mol. The van der Waals surface area contributed by atoms with E-state index in [2.05, 4.69) is 5.32 Å². The number of nitrogens with zero attached hydrogens (tertiary/aromatic N) is 1. The second kappa shape index (κ2) is 6.84. The van der Waals surface area contributed by atoms with Crippen LogP contribution in [0.3, 0.4) is 0 Å². The average Bonchev–Trinajstić information content (AvgIpc) is 2.45. The van der Waals surface area contributed by atoms with E-state index in [0.29, 0.717) is 17.0 Å². The topological polar surface area (TPSA) is 32.3 Å². The molecule has 4 heteroatoms. The molecule has 0 aromatic heterocycles. The standard InChI is InChI=1S/C16H23FN2O/c1-12-11-14(17)3-4-15(12)16(20)19-9-6-13(7-10-19)5-8-18-2/h3-4,11,13,18H,5-10H2,1-2H3. The number of carbonyl (C=O) groups is 1. The highest BCUT2D eigenvalue weighted by atomic mass is 19.1. The van der Waals surface area contributed by atoms with Gasteiger partial charge >= 0.3 is 0 Å². The van der Waals surface area contributed by atoms with Crippen LogP contribution in [0.2, 0.25) is 0 Å². The summed E-state index contributed by atoms with van der Waals surface area (Å²) in [5, 5.41) is 3.17. The lowest BCUT2D eigenvalue weighted by Crippen LogP contribution is -2.39. The van der Waals surface area contributed by atoms with Gasteiger partial charge in [-0.25, -0.2) is 4.39 Å². The molecule has 0 aliphatic carbocycles. The zero-order valence-corrected chi connectivity index (χ0v) is 12.3. The van der Waals surface area contributed by atoms with Crippen molar-refractivity contribution in [3.8, 4) is 0 Å². The van der Waals surface area contributed by atoms with Gasteiger partial charge in [0.1, 0.15) is 5.82 Å². The Kier molecular flexibility index (Phi) is 5.12. The number of halogens is 1. The number of hydrogen-bond donors (Lipinski definition) is 1. The van der Waals surface area contributed by atoms with Crippen LogP contribution in [0.5, 0.6) is 0 Å². The summed E-state index contributed by atoms with van der Waals surface area (Å²) >= 11 is 0. The minimum atomic E-state index is -0.287. The van der Waals surface area contributed by atoms with E-state index in [-0.39, 0.29) is 11.7 Å². The van der Waals surface area contributed by atoms with Gasteiger partial charge in [-0.2, -0.15) is 0 Å². The van der Waals surface area contributed by atoms with Crippen LogP contribution in [-0.2, 0) is 0 Å². The first-order chi connectivity index (χ1) is 9.61. The molecule has 0 spiro atoms. The van der Waals surface area contributed by atoms with Crippen molar-refractivity contribution in [2.24, 2.45) is 5.92 Å². The Morgan fingerprint density at radius 2 is 2.10 bits per heavy atom. The summed E-state index contributed by atoms with van der Waals surface area (Å²) in [5.41, 5.74) is 1.34. The number of likely N-dealkylation sites (tertiary alicyclic amines) is 1. The summed E-state index contributed by atoms with van der Waals surface area (Å²) < 4.78 is 13.1. The van der Waals surface area contributed by atoms with E-state index in [4.69, 9.17) is 0 Å². The van der Waals surface area contributed by atoms with E-state index < -0.39 is 0 Å². The first-order valence-corrected chi connectivity index (χ1v) is 7.32. The molecular weight excluding hydrogens is 255 g/mol. The molecule has 110 valence electrons. The molecule has 1 N–H and O–H groups in total. The van der Waals surface area contributed by atoms with Gasteiger partial charge in [-0.3, -0.25) is 4.79 Å². The summed E-state index contributed by atoms with van der Waals surface area (Å²) in [6.45, 7) is 4.44. The lowest BCUT2D eigenvalue weighted by molar-refractivity contribution is 0.0686. The van der Waals surface area contributed by atoms with Crippen LogP contribution in [0.1, 0.15) is 35.2 Å². The van der Waals surface area contributed by atoms with Gasteiger partial charge in [-0.1, -0.05) is 0 Å². The molecule has 1 fully saturated rings. The van der Waals surface area contributed by atoms with Crippen molar-refractivity contribution in [1.29, 1.82) is 0 Å². The smallest absolute Gasteiger partial charge is 0.254 e. The van der Waals surface area contributed by atoms with E-state index in [1.54, 1.807) is 13.0 Å². The number of aryl methyl sites for hydroxylation is 1. The van der Waals surface area contributed by atoms with Crippen molar-refractivity contribution in [2.45, 2.75) is 26.2 Å². The Morgan fingerprint density at radius 3 is 2.70 bits per heavy atom. The van der Waals surface area contributed by atoms with Crippen molar-refractivity contribution >= 4 is 5.91 Å². The maximum absolute atomic E-state index is 13.1. The first-order valence-electron chi connectivity index (χ1n) is 7.32. The first kappa shape index (κ1) is 15.0. The van der Waals surface area contributed by atoms with Crippen LogP contribution in [0, 0.1) is 18.7 Å². The lowest BCUT2D eigenvalue weighted by atomic mass is 9.93. The molecule has 3 nitrogen and oxygen atoms in total. The van der Waals surface area contributed by atoms with Gasteiger partial charge in [-0.15, -0.1) is 0 Å². The minimum absolute atomic E-state index is 0.0366. The fourth-order valence-electron chi connectivity index (χ4n) is 2.81. The van der Waals surface area contributed by atoms with Crippen LogP contribution in [0.15, 0.2) is 18.2 Å². The Labute approximate surface area is 120 Å². The molecule has 1 heterocycles. The maximum atomic E-state index is 13.1. The minimum Gasteiger partial charge on any atom is -0.339 e. The Morgan fingerprint density at radius 1 is 1.40 bits per heavy atom. The van der Waals surface area contributed by atoms with E-state index in [1.807, 2.05) is 11.9 Å². The van der Waals surface area contributed by atoms with E-state index >= 15 is 0 Å². The van der Waals surface area contributed by atoms with Crippen LogP contribution < -0.4 is 5.32 Å². The normalized spacial score (nSPS) is 16.4. The number of carbonyl (C=O) groups excluding carboxylic acids is 1. The number of nitrogens with one attached hydrogen (secondary N) is 1. The highest BCUT2D eigenvalue weighted by Gasteiger charge is 2.24. The molecule has 0 radical (unpaired) electrons. The number of hydrogen-bond acceptors (Lipinski definition) is 2. The Hall–Kier alpha value is -1.42. The van der Waals surface area contributed by atoms with Crippen molar-refractivity contribution in [2.75, 3.05) is 26.7 Å². The lowest BCUT2D eigenvalue weighted by Gasteiger charge is -2.32. The summed E-state index contributed by atoms with van der Waals surface area (Å²) in [6.07, 6.45) is 3.30. The van der Waals surface area contributed by atoms with Gasteiger partial charge < -0.3 is 10.2 Å². The molecule has 0 unspecified atom stereocenters. The van der Waals surface area contributed by atoms with Gasteiger partial charge in [0.25, 0.3) is 5.91 Å². The van der Waals surface area contributed by atoms with Gasteiger partial charge in [0.2, 0.25) is 0 Å². The quantitative estimate of drug-likeness (QED) is 0.918. The molecule has 1 aromatic carbocycles. The third kappa shape index (κ3) is 3.57. The van der Waals surface area contributed by atoms with Crippen LogP contribution in [0.4, 0.5) is 4.39 Å². The number of amides is 1. The number of benzene rings is 1. The molecule has 1 aliphatic heterocycles. The third-order valence-electron chi connectivity index (χ3n) is 4.12. The number of piperidine rings is 1. The average molecular weight is 278 g/mol. The summed E-state index contributed by atoms with van der Waals surface area (Å²) in [5.74, 6) is 0.459. The molecule has 20 heavy (non-hydrogen) atoms. The largest absolute Gasteiger partial charge is 0.339 e. The predicted octanol–water partition coefficient (Wildman–Crippen LogP) is 2.60. The Bertz CT molecular complexity index is 468. The SMILES string of the molecule is CNCCC1CCN(C(=O)c2ccc(F)cc2C)CC1. The maximum Gasteiger partial charge on any atom is 0.254 e. The molecular formula is C16H23FN2O. The molecule has 1 aliphatic rings.